The molecule has 0 bridgehead atoms. The summed E-state index contributed by atoms with van der Waals surface area (Å²) in [5, 5.41) is 15.7. The number of rotatable bonds is 7. The first-order valence-electron chi connectivity index (χ1n) is 11.8. The number of aryl methyl sites for hydroxylation is 1. The van der Waals surface area contributed by atoms with E-state index in [-0.39, 0.29) is 11.5 Å². The molecule has 2 amide bonds. The molecule has 2 heterocycles. The highest BCUT2D eigenvalue weighted by molar-refractivity contribution is 5.95. The van der Waals surface area contributed by atoms with Gasteiger partial charge in [-0.3, -0.25) is 4.90 Å². The number of phenols is 1. The van der Waals surface area contributed by atoms with Crippen LogP contribution in [0, 0.1) is 6.92 Å². The topological polar surface area (TPSA) is 103 Å². The molecule has 4 rings (SSSR count). The number of benzene rings is 2. The zero-order valence-electron chi connectivity index (χ0n) is 20.3. The summed E-state index contributed by atoms with van der Waals surface area (Å²) in [6.45, 7) is 7.92. The van der Waals surface area contributed by atoms with Gasteiger partial charge in [0.15, 0.2) is 11.5 Å². The number of anilines is 1. The summed E-state index contributed by atoms with van der Waals surface area (Å²) in [6, 6.07) is 12.1. The molecule has 2 aromatic rings. The lowest BCUT2D eigenvalue weighted by atomic mass is 9.94. The number of carbonyl (C=O) groups is 2. The number of methoxy groups -OCH3 is 1. The maximum atomic E-state index is 12.9. The van der Waals surface area contributed by atoms with Crippen molar-refractivity contribution in [1.82, 2.24) is 15.5 Å². The van der Waals surface area contributed by atoms with Crippen LogP contribution in [-0.2, 0) is 9.53 Å². The van der Waals surface area contributed by atoms with Crippen LogP contribution in [0.15, 0.2) is 53.7 Å². The first-order chi connectivity index (χ1) is 16.9. The fraction of sp³-hybridized carbons (Fsp3) is 0.385. The van der Waals surface area contributed by atoms with Gasteiger partial charge in [0.25, 0.3) is 0 Å². The van der Waals surface area contributed by atoms with Gasteiger partial charge in [-0.25, -0.2) is 9.59 Å². The average Bonchev–Trinajstić information content (AvgIpc) is 2.86. The number of carbonyl (C=O) groups excluding carboxylic acids is 2. The minimum absolute atomic E-state index is 0.00821. The standard InChI is InChI=1S/C26H32N4O5/c1-4-35-22-15-18(7-10-21(22)31)24-23(25(32)34-3)20(27-26(33)28-24)16-29-11-13-30(14-12-29)19-8-5-17(2)6-9-19/h5-10,15,24,31H,4,11-14,16H2,1-3H3,(H2,27,28,33)/t24-/m0/s1. The van der Waals surface area contributed by atoms with E-state index in [1.807, 2.05) is 6.92 Å². The van der Waals surface area contributed by atoms with E-state index in [1.54, 1.807) is 12.1 Å². The van der Waals surface area contributed by atoms with Crippen LogP contribution >= 0.6 is 0 Å². The number of phenolic OH excluding ortho intramolecular Hbond substituents is 1. The maximum Gasteiger partial charge on any atom is 0.338 e. The van der Waals surface area contributed by atoms with Crippen molar-refractivity contribution < 1.29 is 24.2 Å². The fourth-order valence-electron chi connectivity index (χ4n) is 4.47. The minimum Gasteiger partial charge on any atom is -0.504 e. The third-order valence-corrected chi connectivity index (χ3v) is 6.33. The van der Waals surface area contributed by atoms with E-state index in [4.69, 9.17) is 9.47 Å². The molecule has 9 nitrogen and oxygen atoms in total. The first kappa shape index (κ1) is 24.4. The van der Waals surface area contributed by atoms with E-state index in [1.165, 1.54) is 24.4 Å². The highest BCUT2D eigenvalue weighted by atomic mass is 16.5. The van der Waals surface area contributed by atoms with E-state index in [0.717, 1.165) is 26.2 Å². The Morgan fingerprint density at radius 3 is 2.49 bits per heavy atom. The second-order valence-electron chi connectivity index (χ2n) is 8.67. The van der Waals surface area contributed by atoms with Gasteiger partial charge in [-0.15, -0.1) is 0 Å². The highest BCUT2D eigenvalue weighted by Gasteiger charge is 2.35. The molecule has 0 radical (unpaired) electrons. The van der Waals surface area contributed by atoms with Crippen LogP contribution in [0.4, 0.5) is 10.5 Å². The van der Waals surface area contributed by atoms with Crippen LogP contribution in [0.3, 0.4) is 0 Å². The van der Waals surface area contributed by atoms with Crippen molar-refractivity contribution >= 4 is 17.7 Å². The maximum absolute atomic E-state index is 12.9. The molecule has 9 heteroatoms. The Balaban J connectivity index is 1.56. The van der Waals surface area contributed by atoms with Gasteiger partial charge in [-0.2, -0.15) is 0 Å². The van der Waals surface area contributed by atoms with Crippen LogP contribution in [0.5, 0.6) is 11.5 Å². The van der Waals surface area contributed by atoms with Crippen LogP contribution in [0.2, 0.25) is 0 Å². The second kappa shape index (κ2) is 10.7. The van der Waals surface area contributed by atoms with Crippen molar-refractivity contribution in [2.24, 2.45) is 0 Å². The van der Waals surface area contributed by atoms with Gasteiger partial charge >= 0.3 is 12.0 Å². The lowest BCUT2D eigenvalue weighted by molar-refractivity contribution is -0.136. The van der Waals surface area contributed by atoms with Crippen molar-refractivity contribution in [3.05, 3.63) is 64.9 Å². The van der Waals surface area contributed by atoms with Gasteiger partial charge in [-0.1, -0.05) is 23.8 Å². The number of hydrogen-bond acceptors (Lipinski definition) is 7. The lowest BCUT2D eigenvalue weighted by Crippen LogP contribution is -2.51. The summed E-state index contributed by atoms with van der Waals surface area (Å²) in [7, 11) is 1.32. The number of urea groups is 1. The molecule has 3 N–H and O–H groups in total. The van der Waals surface area contributed by atoms with E-state index < -0.39 is 18.0 Å². The molecular formula is C26H32N4O5. The van der Waals surface area contributed by atoms with Gasteiger partial charge in [0.2, 0.25) is 0 Å². The Labute approximate surface area is 205 Å². The number of amides is 2. The number of ether oxygens (including phenoxy) is 2. The Morgan fingerprint density at radius 1 is 1.11 bits per heavy atom. The molecule has 0 spiro atoms. The molecule has 0 aliphatic carbocycles. The summed E-state index contributed by atoms with van der Waals surface area (Å²) >= 11 is 0. The van der Waals surface area contributed by atoms with E-state index in [0.29, 0.717) is 30.0 Å². The Kier molecular flexibility index (Phi) is 7.45. The van der Waals surface area contributed by atoms with Crippen molar-refractivity contribution in [2.45, 2.75) is 19.9 Å². The molecule has 2 aliphatic rings. The van der Waals surface area contributed by atoms with Gasteiger partial charge in [0, 0.05) is 44.1 Å². The number of aromatic hydroxyl groups is 1. The van der Waals surface area contributed by atoms with Gasteiger partial charge in [0.1, 0.15) is 0 Å². The number of esters is 1. The quantitative estimate of drug-likeness (QED) is 0.524. The van der Waals surface area contributed by atoms with E-state index in [9.17, 15) is 14.7 Å². The van der Waals surface area contributed by atoms with Crippen molar-refractivity contribution in [1.29, 1.82) is 0 Å². The van der Waals surface area contributed by atoms with E-state index >= 15 is 0 Å². The van der Waals surface area contributed by atoms with Crippen LogP contribution in [0.1, 0.15) is 24.1 Å². The zero-order chi connectivity index (χ0) is 24.9. The lowest BCUT2D eigenvalue weighted by Gasteiger charge is -2.38. The van der Waals surface area contributed by atoms with Crippen LogP contribution in [0.25, 0.3) is 0 Å². The largest absolute Gasteiger partial charge is 0.504 e. The Bertz CT molecular complexity index is 1110. The van der Waals surface area contributed by atoms with Crippen molar-refractivity contribution in [3.8, 4) is 11.5 Å². The number of piperazine rings is 1. The number of nitrogens with one attached hydrogen (secondary N) is 2. The summed E-state index contributed by atoms with van der Waals surface area (Å²) < 4.78 is 10.6. The molecule has 1 fully saturated rings. The van der Waals surface area contributed by atoms with Gasteiger partial charge in [0.05, 0.1) is 25.3 Å². The SMILES string of the molecule is CCOc1cc([C@@H]2NC(=O)NC(CN3CCN(c4ccc(C)cc4)CC3)=C2C(=O)OC)ccc1O. The molecule has 1 atom stereocenters. The molecule has 0 unspecified atom stereocenters. The number of hydrogen-bond donors (Lipinski definition) is 3. The number of nitrogens with zero attached hydrogens (tertiary/aromatic N) is 2. The zero-order valence-corrected chi connectivity index (χ0v) is 20.3. The molecule has 35 heavy (non-hydrogen) atoms. The van der Waals surface area contributed by atoms with Gasteiger partial charge in [-0.05, 0) is 43.7 Å². The van der Waals surface area contributed by atoms with Crippen molar-refractivity contribution in [2.75, 3.05) is 51.3 Å². The predicted octanol–water partition coefficient (Wildman–Crippen LogP) is 2.70. The predicted molar refractivity (Wildman–Crippen MR) is 133 cm³/mol. The summed E-state index contributed by atoms with van der Waals surface area (Å²) in [5.74, 6) is -0.247. The average molecular weight is 481 g/mol. The third-order valence-electron chi connectivity index (χ3n) is 6.33. The van der Waals surface area contributed by atoms with Crippen molar-refractivity contribution in [3.63, 3.8) is 0 Å². The molecular weight excluding hydrogens is 448 g/mol. The van der Waals surface area contributed by atoms with Crippen LogP contribution < -0.4 is 20.3 Å². The molecule has 2 aromatic carbocycles. The monoisotopic (exact) mass is 480 g/mol. The van der Waals surface area contributed by atoms with Crippen LogP contribution in [-0.4, -0.2) is 68.4 Å². The Morgan fingerprint density at radius 2 is 1.83 bits per heavy atom. The summed E-state index contributed by atoms with van der Waals surface area (Å²) in [6.07, 6.45) is 0. The molecule has 2 aliphatic heterocycles. The molecule has 0 saturated carbocycles. The fourth-order valence-corrected chi connectivity index (χ4v) is 4.47. The molecule has 1 saturated heterocycles. The molecule has 0 aromatic heterocycles. The minimum atomic E-state index is -0.736. The first-order valence-corrected chi connectivity index (χ1v) is 11.8. The summed E-state index contributed by atoms with van der Waals surface area (Å²) in [5.41, 5.74) is 3.88. The summed E-state index contributed by atoms with van der Waals surface area (Å²) in [4.78, 5) is 30.0. The highest BCUT2D eigenvalue weighted by Crippen LogP contribution is 2.34. The smallest absolute Gasteiger partial charge is 0.338 e. The van der Waals surface area contributed by atoms with E-state index in [2.05, 4.69) is 51.6 Å². The second-order valence-corrected chi connectivity index (χ2v) is 8.67. The molecule has 186 valence electrons. The normalized spacial score (nSPS) is 18.7. The Hall–Kier alpha value is -3.72. The van der Waals surface area contributed by atoms with Gasteiger partial charge < -0.3 is 30.1 Å². The third kappa shape index (κ3) is 5.51.